The third-order valence-corrected chi connectivity index (χ3v) is 5.21. The quantitative estimate of drug-likeness (QED) is 0.691. The van der Waals surface area contributed by atoms with Crippen LogP contribution in [0.1, 0.15) is 20.8 Å². The Bertz CT molecular complexity index is 998. The molecule has 3 aromatic rings. The van der Waals surface area contributed by atoms with E-state index in [0.29, 0.717) is 43.3 Å². The van der Waals surface area contributed by atoms with Crippen molar-refractivity contribution in [2.75, 3.05) is 31.7 Å². The van der Waals surface area contributed by atoms with Gasteiger partial charge in [0.2, 0.25) is 0 Å². The average molecular weight is 397 g/mol. The molecule has 4 rings (SSSR count). The van der Waals surface area contributed by atoms with E-state index in [1.54, 1.807) is 24.3 Å². The summed E-state index contributed by atoms with van der Waals surface area (Å²) < 4.78 is 16.1. The minimum absolute atomic E-state index is 0.166. The van der Waals surface area contributed by atoms with Crippen LogP contribution in [0.2, 0.25) is 0 Å². The maximum atomic E-state index is 12.7. The predicted molar refractivity (Wildman–Crippen MR) is 107 cm³/mol. The Morgan fingerprint density at radius 1 is 1.07 bits per heavy atom. The second-order valence-corrected chi connectivity index (χ2v) is 7.11. The first-order chi connectivity index (χ1) is 13.7. The summed E-state index contributed by atoms with van der Waals surface area (Å²) in [5, 5.41) is 6.44. The summed E-state index contributed by atoms with van der Waals surface area (Å²) in [7, 11) is 0. The van der Waals surface area contributed by atoms with Crippen LogP contribution >= 0.6 is 11.5 Å². The van der Waals surface area contributed by atoms with E-state index in [1.165, 1.54) is 11.5 Å². The van der Waals surface area contributed by atoms with Crippen molar-refractivity contribution >= 4 is 39.1 Å². The zero-order valence-corrected chi connectivity index (χ0v) is 15.8. The molecular weight excluding hydrogens is 378 g/mol. The second kappa shape index (κ2) is 8.47. The fraction of sp³-hybridized carbons (Fsp3) is 0.250. The van der Waals surface area contributed by atoms with Crippen LogP contribution in [0.15, 0.2) is 48.5 Å². The van der Waals surface area contributed by atoms with Crippen molar-refractivity contribution in [1.29, 1.82) is 0 Å². The standard InChI is InChI=1S/C20H19N3O4S/c24-19(21-11-13-12-26-9-10-27-13)14-5-1-3-7-16(14)22-20(25)18-15-6-2-4-8-17(15)28-23-18/h1-8,13H,9-12H2,(H,21,24)(H,22,25)/t13-/m1/s1. The number of nitrogens with zero attached hydrogens (tertiary/aromatic N) is 1. The Kier molecular flexibility index (Phi) is 5.61. The maximum absolute atomic E-state index is 12.7. The molecule has 0 unspecified atom stereocenters. The number of fused-ring (bicyclic) bond motifs is 1. The largest absolute Gasteiger partial charge is 0.376 e. The topological polar surface area (TPSA) is 89.5 Å². The number of hydrogen-bond donors (Lipinski definition) is 2. The van der Waals surface area contributed by atoms with E-state index in [-0.39, 0.29) is 17.9 Å². The highest BCUT2D eigenvalue weighted by atomic mass is 32.1. The van der Waals surface area contributed by atoms with Crippen LogP contribution in [-0.4, -0.2) is 48.7 Å². The van der Waals surface area contributed by atoms with Gasteiger partial charge in [0.15, 0.2) is 0 Å². The summed E-state index contributed by atoms with van der Waals surface area (Å²) >= 11 is 1.27. The van der Waals surface area contributed by atoms with E-state index in [9.17, 15) is 9.59 Å². The van der Waals surface area contributed by atoms with Crippen LogP contribution in [0.25, 0.3) is 10.1 Å². The Morgan fingerprint density at radius 3 is 2.75 bits per heavy atom. The van der Waals surface area contributed by atoms with Crippen molar-refractivity contribution in [2.24, 2.45) is 0 Å². The first-order valence-corrected chi connectivity index (χ1v) is 9.72. The number of para-hydroxylation sites is 1. The van der Waals surface area contributed by atoms with E-state index in [2.05, 4.69) is 15.0 Å². The van der Waals surface area contributed by atoms with Gasteiger partial charge in [-0.2, -0.15) is 4.37 Å². The molecule has 1 aromatic heterocycles. The van der Waals surface area contributed by atoms with E-state index < -0.39 is 0 Å². The van der Waals surface area contributed by atoms with Crippen LogP contribution in [-0.2, 0) is 9.47 Å². The normalized spacial score (nSPS) is 16.6. The van der Waals surface area contributed by atoms with Crippen molar-refractivity contribution in [3.63, 3.8) is 0 Å². The number of nitrogens with one attached hydrogen (secondary N) is 2. The predicted octanol–water partition coefficient (Wildman–Crippen LogP) is 2.69. The molecule has 1 saturated heterocycles. The highest BCUT2D eigenvalue weighted by Crippen LogP contribution is 2.24. The first-order valence-electron chi connectivity index (χ1n) is 8.95. The molecule has 0 aliphatic carbocycles. The van der Waals surface area contributed by atoms with E-state index in [0.717, 1.165) is 10.1 Å². The SMILES string of the molecule is O=C(NC[C@@H]1COCCO1)c1ccccc1NC(=O)c1nsc2ccccc12. The van der Waals surface area contributed by atoms with Gasteiger partial charge in [-0.1, -0.05) is 30.3 Å². The molecule has 0 saturated carbocycles. The lowest BCUT2D eigenvalue weighted by Crippen LogP contribution is -2.39. The highest BCUT2D eigenvalue weighted by Gasteiger charge is 2.19. The molecule has 1 aliphatic rings. The molecule has 7 nitrogen and oxygen atoms in total. The van der Waals surface area contributed by atoms with E-state index in [1.807, 2.05) is 24.3 Å². The highest BCUT2D eigenvalue weighted by molar-refractivity contribution is 7.13. The number of aromatic nitrogens is 1. The van der Waals surface area contributed by atoms with Gasteiger partial charge >= 0.3 is 0 Å². The summed E-state index contributed by atoms with van der Waals surface area (Å²) in [6.45, 7) is 1.90. The summed E-state index contributed by atoms with van der Waals surface area (Å²) in [5.41, 5.74) is 1.17. The van der Waals surface area contributed by atoms with Crippen LogP contribution in [0.4, 0.5) is 5.69 Å². The second-order valence-electron chi connectivity index (χ2n) is 6.30. The molecule has 144 valence electrons. The summed E-state index contributed by atoms with van der Waals surface area (Å²) in [4.78, 5) is 25.4. The number of carbonyl (C=O) groups excluding carboxylic acids is 2. The lowest BCUT2D eigenvalue weighted by molar-refractivity contribution is -0.0855. The molecule has 1 aliphatic heterocycles. The fourth-order valence-corrected chi connectivity index (χ4v) is 3.75. The lowest BCUT2D eigenvalue weighted by atomic mass is 10.1. The maximum Gasteiger partial charge on any atom is 0.276 e. The number of rotatable bonds is 5. The smallest absolute Gasteiger partial charge is 0.276 e. The van der Waals surface area contributed by atoms with Crippen molar-refractivity contribution in [3.8, 4) is 0 Å². The third-order valence-electron chi connectivity index (χ3n) is 4.39. The Balaban J connectivity index is 1.47. The molecular formula is C20H19N3O4S. The molecule has 8 heteroatoms. The van der Waals surface area contributed by atoms with Gasteiger partial charge < -0.3 is 20.1 Å². The fourth-order valence-electron chi connectivity index (χ4n) is 2.98. The summed E-state index contributed by atoms with van der Waals surface area (Å²) in [5.74, 6) is -0.630. The average Bonchev–Trinajstić information content (AvgIpc) is 3.17. The van der Waals surface area contributed by atoms with Crippen LogP contribution in [0.3, 0.4) is 0 Å². The number of anilines is 1. The number of amides is 2. The van der Waals surface area contributed by atoms with Gasteiger partial charge in [0.1, 0.15) is 5.69 Å². The van der Waals surface area contributed by atoms with Gasteiger partial charge in [-0.3, -0.25) is 9.59 Å². The molecule has 2 amide bonds. The minimum Gasteiger partial charge on any atom is -0.376 e. The van der Waals surface area contributed by atoms with Crippen molar-refractivity contribution < 1.29 is 19.1 Å². The van der Waals surface area contributed by atoms with Crippen molar-refractivity contribution in [1.82, 2.24) is 9.69 Å². The molecule has 1 atom stereocenters. The van der Waals surface area contributed by atoms with Gasteiger partial charge in [0, 0.05) is 11.9 Å². The van der Waals surface area contributed by atoms with Crippen LogP contribution in [0.5, 0.6) is 0 Å². The molecule has 2 N–H and O–H groups in total. The third kappa shape index (κ3) is 4.04. The number of carbonyl (C=O) groups is 2. The molecule has 2 aromatic carbocycles. The van der Waals surface area contributed by atoms with Gasteiger partial charge in [0.25, 0.3) is 11.8 Å². The van der Waals surface area contributed by atoms with Gasteiger partial charge in [-0.05, 0) is 29.7 Å². The number of ether oxygens (including phenoxy) is 2. The molecule has 1 fully saturated rings. The molecule has 0 radical (unpaired) electrons. The lowest BCUT2D eigenvalue weighted by Gasteiger charge is -2.23. The summed E-state index contributed by atoms with van der Waals surface area (Å²) in [6, 6.07) is 14.4. The molecule has 2 heterocycles. The minimum atomic E-state index is -0.346. The van der Waals surface area contributed by atoms with Crippen molar-refractivity contribution in [3.05, 3.63) is 59.8 Å². The van der Waals surface area contributed by atoms with Gasteiger partial charge in [0.05, 0.1) is 41.9 Å². The Labute approximate surface area is 165 Å². The van der Waals surface area contributed by atoms with E-state index >= 15 is 0 Å². The first kappa shape index (κ1) is 18.5. The molecule has 0 bridgehead atoms. The Hall–Kier alpha value is -2.81. The number of benzene rings is 2. The van der Waals surface area contributed by atoms with Crippen molar-refractivity contribution in [2.45, 2.75) is 6.10 Å². The molecule has 0 spiro atoms. The Morgan fingerprint density at radius 2 is 1.89 bits per heavy atom. The van der Waals surface area contributed by atoms with Crippen LogP contribution < -0.4 is 10.6 Å². The van der Waals surface area contributed by atoms with Gasteiger partial charge in [-0.15, -0.1) is 0 Å². The molecule has 28 heavy (non-hydrogen) atoms. The zero-order valence-electron chi connectivity index (χ0n) is 15.0. The number of hydrogen-bond acceptors (Lipinski definition) is 6. The van der Waals surface area contributed by atoms with Crippen LogP contribution in [0, 0.1) is 0 Å². The van der Waals surface area contributed by atoms with E-state index in [4.69, 9.17) is 9.47 Å². The zero-order chi connectivity index (χ0) is 19.3. The monoisotopic (exact) mass is 397 g/mol. The van der Waals surface area contributed by atoms with Gasteiger partial charge in [-0.25, -0.2) is 0 Å². The summed E-state index contributed by atoms with van der Waals surface area (Å²) in [6.07, 6.45) is -0.166.